The first-order valence-electron chi connectivity index (χ1n) is 10.7. The van der Waals surface area contributed by atoms with Gasteiger partial charge in [0.15, 0.2) is 0 Å². The molecular weight excluding hydrogens is 395 g/mol. The van der Waals surface area contributed by atoms with Gasteiger partial charge in [0, 0.05) is 12.1 Å². The van der Waals surface area contributed by atoms with Crippen molar-refractivity contribution in [2.45, 2.75) is 39.2 Å². The number of carbonyl (C=O) groups is 2. The summed E-state index contributed by atoms with van der Waals surface area (Å²) in [5.41, 5.74) is 3.95. The Balaban J connectivity index is 1.81. The van der Waals surface area contributed by atoms with E-state index in [1.54, 1.807) is 24.3 Å². The number of benzene rings is 2. The molecule has 2 aromatic carbocycles. The number of hydrazone groups is 1. The number of unbranched alkanes of at least 4 members (excludes halogenated alkanes) is 1. The monoisotopic (exact) mass is 426 g/mol. The average molecular weight is 427 g/mol. The van der Waals surface area contributed by atoms with Crippen molar-refractivity contribution >= 4 is 18.0 Å². The Hall–Kier alpha value is -3.06. The predicted molar refractivity (Wildman–Crippen MR) is 121 cm³/mol. The molecule has 0 heterocycles. The van der Waals surface area contributed by atoms with Crippen molar-refractivity contribution in [3.05, 3.63) is 71.5 Å². The second-order valence-corrected chi connectivity index (χ2v) is 7.14. The van der Waals surface area contributed by atoms with E-state index < -0.39 is 0 Å². The van der Waals surface area contributed by atoms with Crippen molar-refractivity contribution in [2.75, 3.05) is 19.6 Å². The van der Waals surface area contributed by atoms with Crippen LogP contribution in [0.25, 0.3) is 0 Å². The summed E-state index contributed by atoms with van der Waals surface area (Å²) >= 11 is 0. The lowest BCUT2D eigenvalue weighted by Crippen LogP contribution is -2.45. The lowest BCUT2D eigenvalue weighted by atomic mass is 10.1. The van der Waals surface area contributed by atoms with Gasteiger partial charge in [-0.15, -0.1) is 0 Å². The minimum atomic E-state index is -0.317. The molecule has 2 rings (SSSR count). The van der Waals surface area contributed by atoms with Crippen molar-refractivity contribution in [3.63, 3.8) is 0 Å². The van der Waals surface area contributed by atoms with E-state index in [-0.39, 0.29) is 23.7 Å². The second-order valence-electron chi connectivity index (χ2n) is 7.14. The Morgan fingerprint density at radius 2 is 1.71 bits per heavy atom. The van der Waals surface area contributed by atoms with Gasteiger partial charge in [0.1, 0.15) is 5.82 Å². The van der Waals surface area contributed by atoms with Gasteiger partial charge in [0.05, 0.1) is 12.3 Å². The highest BCUT2D eigenvalue weighted by atomic mass is 19.1. The van der Waals surface area contributed by atoms with Gasteiger partial charge in [-0.05, 0) is 62.2 Å². The smallest absolute Gasteiger partial charge is 0.257 e. The number of hydrogen-bond acceptors (Lipinski definition) is 4. The lowest BCUT2D eigenvalue weighted by molar-refractivity contribution is -0.126. The highest BCUT2D eigenvalue weighted by Crippen LogP contribution is 2.10. The van der Waals surface area contributed by atoms with Crippen LogP contribution < -0.4 is 10.7 Å². The Bertz CT molecular complexity index is 836. The van der Waals surface area contributed by atoms with E-state index in [9.17, 15) is 14.0 Å². The first-order chi connectivity index (χ1) is 15.0. The zero-order valence-electron chi connectivity index (χ0n) is 18.2. The molecule has 166 valence electrons. The van der Waals surface area contributed by atoms with Gasteiger partial charge >= 0.3 is 0 Å². The number of hydrogen-bond donors (Lipinski definition) is 2. The Labute approximate surface area is 183 Å². The van der Waals surface area contributed by atoms with E-state index in [4.69, 9.17) is 0 Å². The minimum absolute atomic E-state index is 0.0891. The number of amides is 2. The van der Waals surface area contributed by atoms with Crippen LogP contribution in [-0.4, -0.2) is 48.6 Å². The van der Waals surface area contributed by atoms with Crippen LogP contribution in [0.1, 0.15) is 49.0 Å². The van der Waals surface area contributed by atoms with Crippen LogP contribution in [0.5, 0.6) is 0 Å². The van der Waals surface area contributed by atoms with Crippen molar-refractivity contribution in [1.82, 2.24) is 15.6 Å². The third kappa shape index (κ3) is 8.30. The van der Waals surface area contributed by atoms with Gasteiger partial charge < -0.3 is 5.32 Å². The average Bonchev–Trinajstić information content (AvgIpc) is 2.80. The molecule has 1 atom stereocenters. The third-order valence-electron chi connectivity index (χ3n) is 5.04. The number of rotatable bonds is 12. The van der Waals surface area contributed by atoms with Crippen LogP contribution >= 0.6 is 0 Å². The summed E-state index contributed by atoms with van der Waals surface area (Å²) < 4.78 is 13.0. The highest BCUT2D eigenvalue weighted by molar-refractivity contribution is 5.94. The molecule has 0 aliphatic carbocycles. The molecule has 0 unspecified atom stereocenters. The summed E-state index contributed by atoms with van der Waals surface area (Å²) in [5, 5.41) is 6.93. The van der Waals surface area contributed by atoms with Gasteiger partial charge in [-0.2, -0.15) is 5.10 Å². The molecule has 0 spiro atoms. The van der Waals surface area contributed by atoms with Crippen LogP contribution in [0.2, 0.25) is 0 Å². The fourth-order valence-corrected chi connectivity index (χ4v) is 3.29. The first kappa shape index (κ1) is 24.2. The van der Waals surface area contributed by atoms with Gasteiger partial charge in [-0.1, -0.05) is 44.2 Å². The van der Waals surface area contributed by atoms with Crippen molar-refractivity contribution in [1.29, 1.82) is 0 Å². The molecule has 0 aromatic heterocycles. The molecule has 0 bridgehead atoms. The zero-order chi connectivity index (χ0) is 22.5. The van der Waals surface area contributed by atoms with E-state index in [0.29, 0.717) is 24.1 Å². The fraction of sp³-hybridized carbons (Fsp3) is 0.375. The summed E-state index contributed by atoms with van der Waals surface area (Å²) in [6, 6.07) is 14.7. The molecule has 2 N–H and O–H groups in total. The van der Waals surface area contributed by atoms with Crippen LogP contribution in [0.4, 0.5) is 4.39 Å². The molecule has 0 saturated carbocycles. The summed E-state index contributed by atoms with van der Waals surface area (Å²) in [7, 11) is 0. The maximum atomic E-state index is 13.0. The number of halogens is 1. The lowest BCUT2D eigenvalue weighted by Gasteiger charge is -2.28. The second kappa shape index (κ2) is 13.3. The first-order valence-corrected chi connectivity index (χ1v) is 10.7. The van der Waals surface area contributed by atoms with Crippen molar-refractivity contribution in [2.24, 2.45) is 5.10 Å². The molecule has 0 aliphatic rings. The summed E-state index contributed by atoms with van der Waals surface area (Å²) in [5.74, 6) is -0.577. The number of likely N-dealkylation sites (N-methyl/N-ethyl adjacent to an activating group) is 1. The van der Waals surface area contributed by atoms with E-state index in [0.717, 1.165) is 25.9 Å². The molecule has 2 amide bonds. The minimum Gasteiger partial charge on any atom is -0.352 e. The van der Waals surface area contributed by atoms with Gasteiger partial charge in [-0.25, -0.2) is 9.82 Å². The van der Waals surface area contributed by atoms with Crippen molar-refractivity contribution in [3.8, 4) is 0 Å². The van der Waals surface area contributed by atoms with E-state index in [1.165, 1.54) is 18.3 Å². The summed E-state index contributed by atoms with van der Waals surface area (Å²) in [6.45, 7) is 6.10. The maximum absolute atomic E-state index is 13.0. The number of nitrogens with one attached hydrogen (secondary N) is 2. The van der Waals surface area contributed by atoms with E-state index in [1.807, 2.05) is 32.0 Å². The quantitative estimate of drug-likeness (QED) is 0.309. The van der Waals surface area contributed by atoms with Crippen molar-refractivity contribution < 1.29 is 14.0 Å². The van der Waals surface area contributed by atoms with E-state index in [2.05, 4.69) is 20.7 Å². The molecule has 2 aromatic rings. The SMILES string of the molecule is CCN(CC)[C@H](CCCCNC(=O)c1ccccc1)C(=O)N/N=C/c1ccc(F)cc1. The largest absolute Gasteiger partial charge is 0.352 e. The normalized spacial score (nSPS) is 12.1. The predicted octanol–water partition coefficient (Wildman–Crippen LogP) is 3.59. The van der Waals surface area contributed by atoms with Crippen LogP contribution in [-0.2, 0) is 4.79 Å². The van der Waals surface area contributed by atoms with Crippen LogP contribution in [0.3, 0.4) is 0 Å². The molecule has 0 saturated heterocycles. The number of carbonyl (C=O) groups excluding carboxylic acids is 2. The van der Waals surface area contributed by atoms with Gasteiger partial charge in [-0.3, -0.25) is 14.5 Å². The van der Waals surface area contributed by atoms with Gasteiger partial charge in [0.2, 0.25) is 0 Å². The summed E-state index contributed by atoms with van der Waals surface area (Å²) in [6.07, 6.45) is 3.74. The third-order valence-corrected chi connectivity index (χ3v) is 5.04. The number of nitrogens with zero attached hydrogens (tertiary/aromatic N) is 2. The van der Waals surface area contributed by atoms with Gasteiger partial charge in [0.25, 0.3) is 11.8 Å². The topological polar surface area (TPSA) is 73.8 Å². The molecule has 7 heteroatoms. The zero-order valence-corrected chi connectivity index (χ0v) is 18.2. The Kier molecular flexibility index (Phi) is 10.4. The fourth-order valence-electron chi connectivity index (χ4n) is 3.29. The standard InChI is InChI=1S/C24H31FN4O2/c1-3-29(4-2)22(24(31)28-27-18-19-13-15-21(25)16-14-19)12-8-9-17-26-23(30)20-10-6-5-7-11-20/h5-7,10-11,13-16,18,22H,3-4,8-9,12,17H2,1-2H3,(H,26,30)(H,28,31)/b27-18+/t22-/m1/s1. The van der Waals surface area contributed by atoms with E-state index >= 15 is 0 Å². The maximum Gasteiger partial charge on any atom is 0.257 e. The molecule has 0 fully saturated rings. The Morgan fingerprint density at radius 1 is 1.03 bits per heavy atom. The molecule has 31 heavy (non-hydrogen) atoms. The molecule has 0 radical (unpaired) electrons. The molecule has 6 nitrogen and oxygen atoms in total. The molecular formula is C24H31FN4O2. The van der Waals surface area contributed by atoms with Crippen LogP contribution in [0, 0.1) is 5.82 Å². The summed E-state index contributed by atoms with van der Waals surface area (Å²) in [4.78, 5) is 26.9. The van der Waals surface area contributed by atoms with Crippen LogP contribution in [0.15, 0.2) is 59.7 Å². The molecule has 0 aliphatic heterocycles. The Morgan fingerprint density at radius 3 is 2.35 bits per heavy atom. The highest BCUT2D eigenvalue weighted by Gasteiger charge is 2.23.